The molecule has 0 aliphatic carbocycles. The summed E-state index contributed by atoms with van der Waals surface area (Å²) < 4.78 is 4.83. The molecule has 0 spiro atoms. The summed E-state index contributed by atoms with van der Waals surface area (Å²) in [6, 6.07) is 0. The molecule has 0 bridgehead atoms. The topological polar surface area (TPSA) is 63.8 Å². The van der Waals surface area contributed by atoms with E-state index in [1.807, 2.05) is 5.38 Å². The zero-order valence-electron chi connectivity index (χ0n) is 6.80. The van der Waals surface area contributed by atoms with E-state index in [1.54, 1.807) is 17.5 Å². The van der Waals surface area contributed by atoms with Crippen LogP contribution in [0.4, 0.5) is 5.13 Å². The molecule has 2 aromatic rings. The van der Waals surface area contributed by atoms with E-state index < -0.39 is 0 Å². The lowest BCUT2D eigenvalue weighted by atomic mass is 10.4. The third-order valence-corrected chi connectivity index (χ3v) is 2.19. The fourth-order valence-electron chi connectivity index (χ4n) is 0.893. The molecular formula is C7H8N4OS. The first-order chi connectivity index (χ1) is 6.45. The molecule has 13 heavy (non-hydrogen) atoms. The van der Waals surface area contributed by atoms with Crippen LogP contribution in [-0.4, -0.2) is 21.7 Å². The van der Waals surface area contributed by atoms with Crippen molar-refractivity contribution in [2.24, 2.45) is 0 Å². The molecule has 0 atom stereocenters. The molecule has 0 aliphatic heterocycles. The van der Waals surface area contributed by atoms with Crippen LogP contribution < -0.4 is 5.32 Å². The number of nitrogens with one attached hydrogen (secondary N) is 1. The minimum atomic E-state index is 0.643. The Morgan fingerprint density at radius 3 is 3.15 bits per heavy atom. The van der Waals surface area contributed by atoms with Crippen LogP contribution in [0.2, 0.25) is 0 Å². The second-order valence-corrected chi connectivity index (χ2v) is 3.24. The predicted molar refractivity (Wildman–Crippen MR) is 48.6 cm³/mol. The van der Waals surface area contributed by atoms with Crippen molar-refractivity contribution in [3.63, 3.8) is 0 Å². The molecule has 0 fully saturated rings. The first kappa shape index (κ1) is 8.18. The molecule has 2 rings (SSSR count). The van der Waals surface area contributed by atoms with E-state index in [-0.39, 0.29) is 0 Å². The number of aromatic nitrogens is 3. The summed E-state index contributed by atoms with van der Waals surface area (Å²) in [6.07, 6.45) is 3.89. The number of hydrogen-bond donors (Lipinski definition) is 1. The highest BCUT2D eigenvalue weighted by Crippen LogP contribution is 2.09. The number of thiazole rings is 1. The molecule has 0 unspecified atom stereocenters. The van der Waals surface area contributed by atoms with Gasteiger partial charge in [0.1, 0.15) is 0 Å². The Balaban J connectivity index is 1.76. The quantitative estimate of drug-likeness (QED) is 0.795. The lowest BCUT2D eigenvalue weighted by Crippen LogP contribution is -2.04. The summed E-state index contributed by atoms with van der Waals surface area (Å²) in [4.78, 5) is 7.98. The molecular weight excluding hydrogens is 188 g/mol. The maximum Gasteiger partial charge on any atom is 0.228 e. The van der Waals surface area contributed by atoms with Crippen molar-refractivity contribution in [1.29, 1.82) is 0 Å². The Kier molecular flexibility index (Phi) is 2.51. The summed E-state index contributed by atoms with van der Waals surface area (Å²) >= 11 is 1.57. The van der Waals surface area contributed by atoms with E-state index >= 15 is 0 Å². The Morgan fingerprint density at radius 2 is 2.46 bits per heavy atom. The third kappa shape index (κ3) is 2.25. The average Bonchev–Trinajstić information content (AvgIpc) is 2.75. The highest BCUT2D eigenvalue weighted by Gasteiger charge is 1.98. The van der Waals surface area contributed by atoms with Crippen LogP contribution in [0.25, 0.3) is 0 Å². The largest absolute Gasteiger partial charge is 0.361 e. The van der Waals surface area contributed by atoms with Crippen molar-refractivity contribution < 1.29 is 4.52 Å². The van der Waals surface area contributed by atoms with Gasteiger partial charge < -0.3 is 9.84 Å². The van der Waals surface area contributed by atoms with Crippen molar-refractivity contribution in [3.8, 4) is 0 Å². The number of rotatable bonds is 4. The van der Waals surface area contributed by atoms with Crippen molar-refractivity contribution in [1.82, 2.24) is 15.1 Å². The smallest absolute Gasteiger partial charge is 0.228 e. The van der Waals surface area contributed by atoms with Gasteiger partial charge in [0.2, 0.25) is 5.89 Å². The van der Waals surface area contributed by atoms with Crippen molar-refractivity contribution in [2.45, 2.75) is 6.42 Å². The van der Waals surface area contributed by atoms with Gasteiger partial charge in [0.05, 0.1) is 0 Å². The predicted octanol–water partition coefficient (Wildman–Crippen LogP) is 1.18. The Labute approximate surface area is 78.8 Å². The monoisotopic (exact) mass is 196 g/mol. The van der Waals surface area contributed by atoms with E-state index in [9.17, 15) is 0 Å². The maximum absolute atomic E-state index is 4.83. The maximum atomic E-state index is 4.83. The zero-order chi connectivity index (χ0) is 8.93. The molecule has 0 saturated heterocycles. The van der Waals surface area contributed by atoms with Gasteiger partial charge in [0.25, 0.3) is 0 Å². The molecule has 0 amide bonds. The van der Waals surface area contributed by atoms with Gasteiger partial charge in [0.15, 0.2) is 11.5 Å². The van der Waals surface area contributed by atoms with Gasteiger partial charge in [0, 0.05) is 24.5 Å². The van der Waals surface area contributed by atoms with E-state index in [0.29, 0.717) is 5.89 Å². The molecule has 68 valence electrons. The fraction of sp³-hybridized carbons (Fsp3) is 0.286. The first-order valence-electron chi connectivity index (χ1n) is 3.84. The summed E-state index contributed by atoms with van der Waals surface area (Å²) in [5, 5.41) is 9.50. The Bertz CT molecular complexity index is 297. The standard InChI is InChI=1S/C7H8N4OS/c1(6-10-5-11-12-6)2-8-7-9-3-4-13-7/h3-5H,1-2H2,(H,8,9). The van der Waals surface area contributed by atoms with Crippen LogP contribution in [0.5, 0.6) is 0 Å². The van der Waals surface area contributed by atoms with E-state index in [0.717, 1.165) is 18.1 Å². The van der Waals surface area contributed by atoms with E-state index in [2.05, 4.69) is 20.4 Å². The summed E-state index contributed by atoms with van der Waals surface area (Å²) in [7, 11) is 0. The molecule has 0 aromatic carbocycles. The van der Waals surface area contributed by atoms with Gasteiger partial charge in [-0.1, -0.05) is 5.16 Å². The number of hydrogen-bond acceptors (Lipinski definition) is 6. The van der Waals surface area contributed by atoms with E-state index in [4.69, 9.17) is 4.52 Å². The van der Waals surface area contributed by atoms with Gasteiger partial charge in [-0.05, 0) is 0 Å². The lowest BCUT2D eigenvalue weighted by molar-refractivity contribution is 0.380. The van der Waals surface area contributed by atoms with Crippen LogP contribution in [0.1, 0.15) is 5.89 Å². The molecule has 0 aliphatic rings. The minimum absolute atomic E-state index is 0.643. The average molecular weight is 196 g/mol. The van der Waals surface area contributed by atoms with Crippen LogP contribution in [0, 0.1) is 0 Å². The summed E-state index contributed by atoms with van der Waals surface area (Å²) in [6.45, 7) is 0.760. The summed E-state index contributed by atoms with van der Waals surface area (Å²) in [5.41, 5.74) is 0. The second kappa shape index (κ2) is 3.99. The Morgan fingerprint density at radius 1 is 1.46 bits per heavy atom. The molecule has 6 heteroatoms. The molecule has 0 radical (unpaired) electrons. The van der Waals surface area contributed by atoms with Gasteiger partial charge in [-0.15, -0.1) is 11.3 Å². The molecule has 5 nitrogen and oxygen atoms in total. The lowest BCUT2D eigenvalue weighted by Gasteiger charge is -1.97. The highest BCUT2D eigenvalue weighted by molar-refractivity contribution is 7.13. The first-order valence-corrected chi connectivity index (χ1v) is 4.72. The molecule has 2 aromatic heterocycles. The van der Waals surface area contributed by atoms with Gasteiger partial charge >= 0.3 is 0 Å². The molecule has 2 heterocycles. The zero-order valence-corrected chi connectivity index (χ0v) is 7.62. The van der Waals surface area contributed by atoms with E-state index in [1.165, 1.54) is 6.33 Å². The fourth-order valence-corrected chi connectivity index (χ4v) is 1.45. The van der Waals surface area contributed by atoms with Crippen LogP contribution in [0.15, 0.2) is 22.4 Å². The normalized spacial score (nSPS) is 10.2. The van der Waals surface area contributed by atoms with Crippen LogP contribution >= 0.6 is 11.3 Å². The van der Waals surface area contributed by atoms with Crippen molar-refractivity contribution >= 4 is 16.5 Å². The van der Waals surface area contributed by atoms with Crippen molar-refractivity contribution in [3.05, 3.63) is 23.8 Å². The van der Waals surface area contributed by atoms with Crippen LogP contribution in [0.3, 0.4) is 0 Å². The Hall–Kier alpha value is -1.43. The summed E-state index contributed by atoms with van der Waals surface area (Å²) in [5.74, 6) is 0.643. The highest BCUT2D eigenvalue weighted by atomic mass is 32.1. The van der Waals surface area contributed by atoms with Crippen molar-refractivity contribution in [2.75, 3.05) is 11.9 Å². The van der Waals surface area contributed by atoms with Crippen LogP contribution in [-0.2, 0) is 6.42 Å². The minimum Gasteiger partial charge on any atom is -0.361 e. The number of anilines is 1. The second-order valence-electron chi connectivity index (χ2n) is 2.35. The SMILES string of the molecule is c1noc(CCNc2nccs2)n1. The van der Waals surface area contributed by atoms with Gasteiger partial charge in [-0.3, -0.25) is 0 Å². The molecule has 1 N–H and O–H groups in total. The number of nitrogens with zero attached hydrogens (tertiary/aromatic N) is 3. The van der Waals surface area contributed by atoms with Gasteiger partial charge in [-0.2, -0.15) is 4.98 Å². The third-order valence-electron chi connectivity index (χ3n) is 1.45. The van der Waals surface area contributed by atoms with Gasteiger partial charge in [-0.25, -0.2) is 4.98 Å². The molecule has 0 saturated carbocycles.